The minimum absolute atomic E-state index is 0.404. The van der Waals surface area contributed by atoms with E-state index in [0.717, 1.165) is 5.92 Å². The van der Waals surface area contributed by atoms with Gasteiger partial charge in [-0.15, -0.1) is 0 Å². The summed E-state index contributed by atoms with van der Waals surface area (Å²) in [5.41, 5.74) is 11.2. The summed E-state index contributed by atoms with van der Waals surface area (Å²) in [6.07, 6.45) is 19.6. The van der Waals surface area contributed by atoms with E-state index in [4.69, 9.17) is 0 Å². The van der Waals surface area contributed by atoms with Gasteiger partial charge >= 0.3 is 0 Å². The minimum Gasteiger partial charge on any atom is -0.318 e. The van der Waals surface area contributed by atoms with Gasteiger partial charge in [-0.2, -0.15) is 0 Å². The molecule has 1 aromatic carbocycles. The molecule has 0 fully saturated rings. The molecule has 1 N–H and O–H groups in total. The number of nitrogens with one attached hydrogen (secondary N) is 1. The van der Waals surface area contributed by atoms with Crippen LogP contribution in [0.4, 0.5) is 5.69 Å². The molecule has 0 radical (unpaired) electrons. The summed E-state index contributed by atoms with van der Waals surface area (Å²) < 4.78 is 0. The van der Waals surface area contributed by atoms with Crippen LogP contribution in [0.3, 0.4) is 0 Å². The number of likely N-dealkylation sites (N-methyl/N-ethyl adjacent to an activating group) is 1. The normalized spacial score (nSPS) is 30.7. The first-order valence-electron chi connectivity index (χ1n) is 10.2. The third kappa shape index (κ3) is 2.68. The van der Waals surface area contributed by atoms with E-state index >= 15 is 0 Å². The standard InChI is InChI=1S/C24H28N2/c1-26-24(22-10-4-5-12-23(22)25-26)19-15-13-18(14-16-19)21-11-6-8-17-7-2-3-9-20(17)21/h2-5,7,9-10,12,15,17-18,24-25H,6,8,11,13-14,16H2,1H3. The monoisotopic (exact) mass is 344 g/mol. The van der Waals surface area contributed by atoms with Crippen LogP contribution >= 0.6 is 0 Å². The Kier molecular flexibility index (Phi) is 4.09. The zero-order chi connectivity index (χ0) is 17.5. The molecule has 3 unspecified atom stereocenters. The van der Waals surface area contributed by atoms with Gasteiger partial charge in [0.05, 0.1) is 11.7 Å². The molecule has 2 nitrogen and oxygen atoms in total. The molecule has 1 aliphatic heterocycles. The third-order valence-electron chi connectivity index (χ3n) is 6.69. The minimum atomic E-state index is 0.404. The summed E-state index contributed by atoms with van der Waals surface area (Å²) in [4.78, 5) is 0. The number of para-hydroxylation sites is 1. The van der Waals surface area contributed by atoms with Crippen LogP contribution in [-0.4, -0.2) is 12.1 Å². The molecule has 4 aliphatic rings. The largest absolute Gasteiger partial charge is 0.318 e. The fraction of sp³-hybridized carbons (Fsp3) is 0.417. The van der Waals surface area contributed by atoms with Crippen LogP contribution in [0.2, 0.25) is 0 Å². The van der Waals surface area contributed by atoms with Crippen LogP contribution in [-0.2, 0) is 0 Å². The van der Waals surface area contributed by atoms with Gasteiger partial charge < -0.3 is 5.43 Å². The second kappa shape index (κ2) is 6.59. The molecule has 3 atom stereocenters. The summed E-state index contributed by atoms with van der Waals surface area (Å²) in [5.74, 6) is 1.44. The van der Waals surface area contributed by atoms with Crippen LogP contribution in [0.25, 0.3) is 0 Å². The Morgan fingerprint density at radius 2 is 2.00 bits per heavy atom. The average molecular weight is 345 g/mol. The zero-order valence-corrected chi connectivity index (χ0v) is 15.6. The van der Waals surface area contributed by atoms with Gasteiger partial charge in [-0.05, 0) is 61.6 Å². The maximum Gasteiger partial charge on any atom is 0.0767 e. The van der Waals surface area contributed by atoms with Crippen LogP contribution in [0.1, 0.15) is 50.1 Å². The Balaban J connectivity index is 1.39. The van der Waals surface area contributed by atoms with E-state index in [0.29, 0.717) is 12.0 Å². The Morgan fingerprint density at radius 1 is 1.08 bits per heavy atom. The third-order valence-corrected chi connectivity index (χ3v) is 6.69. The molecule has 2 heteroatoms. The van der Waals surface area contributed by atoms with Gasteiger partial charge in [-0.25, -0.2) is 5.01 Å². The van der Waals surface area contributed by atoms with Crippen LogP contribution in [0.15, 0.2) is 71.4 Å². The fourth-order valence-electron chi connectivity index (χ4n) is 5.45. The van der Waals surface area contributed by atoms with E-state index in [1.54, 1.807) is 16.7 Å². The molecule has 0 amide bonds. The molecule has 0 aromatic heterocycles. The lowest BCUT2D eigenvalue weighted by Crippen LogP contribution is -2.26. The van der Waals surface area contributed by atoms with E-state index in [-0.39, 0.29) is 0 Å². The van der Waals surface area contributed by atoms with Crippen LogP contribution < -0.4 is 5.43 Å². The van der Waals surface area contributed by atoms with Gasteiger partial charge in [0.15, 0.2) is 0 Å². The summed E-state index contributed by atoms with van der Waals surface area (Å²) in [6, 6.07) is 9.15. The highest BCUT2D eigenvalue weighted by molar-refractivity contribution is 5.58. The Morgan fingerprint density at radius 3 is 2.88 bits per heavy atom. The van der Waals surface area contributed by atoms with Crippen molar-refractivity contribution in [2.75, 3.05) is 12.5 Å². The number of hydrogen-bond acceptors (Lipinski definition) is 2. The van der Waals surface area contributed by atoms with E-state index in [9.17, 15) is 0 Å². The summed E-state index contributed by atoms with van der Waals surface area (Å²) in [5, 5.41) is 2.28. The lowest BCUT2D eigenvalue weighted by atomic mass is 9.72. The van der Waals surface area contributed by atoms with Gasteiger partial charge in [0, 0.05) is 13.0 Å². The first-order chi connectivity index (χ1) is 12.8. The van der Waals surface area contributed by atoms with Crippen molar-refractivity contribution in [3.63, 3.8) is 0 Å². The van der Waals surface area contributed by atoms with Crippen molar-refractivity contribution in [3.05, 3.63) is 76.9 Å². The van der Waals surface area contributed by atoms with Gasteiger partial charge in [-0.3, -0.25) is 0 Å². The molecule has 134 valence electrons. The van der Waals surface area contributed by atoms with E-state index < -0.39 is 0 Å². The van der Waals surface area contributed by atoms with Gasteiger partial charge in [0.2, 0.25) is 0 Å². The molecule has 0 bridgehead atoms. The Bertz CT molecular complexity index is 826. The molecule has 0 spiro atoms. The lowest BCUT2D eigenvalue weighted by Gasteiger charge is -2.34. The second-order valence-electron chi connectivity index (χ2n) is 8.19. The fourth-order valence-corrected chi connectivity index (χ4v) is 5.45. The van der Waals surface area contributed by atoms with Crippen molar-refractivity contribution in [2.24, 2.45) is 11.8 Å². The molecular formula is C24H28N2. The van der Waals surface area contributed by atoms with E-state index in [1.807, 2.05) is 0 Å². The maximum atomic E-state index is 3.52. The van der Waals surface area contributed by atoms with Gasteiger partial charge in [0.25, 0.3) is 0 Å². The van der Waals surface area contributed by atoms with Gasteiger partial charge in [-0.1, -0.05) is 59.7 Å². The first-order valence-corrected chi connectivity index (χ1v) is 10.2. The summed E-state index contributed by atoms with van der Waals surface area (Å²) in [7, 11) is 2.17. The number of fused-ring (bicyclic) bond motifs is 2. The summed E-state index contributed by atoms with van der Waals surface area (Å²) >= 11 is 0. The van der Waals surface area contributed by atoms with Crippen molar-refractivity contribution >= 4 is 5.69 Å². The van der Waals surface area contributed by atoms with Crippen LogP contribution in [0, 0.1) is 11.8 Å². The lowest BCUT2D eigenvalue weighted by molar-refractivity contribution is 0.338. The maximum absolute atomic E-state index is 3.52. The van der Waals surface area contributed by atoms with Gasteiger partial charge in [0.1, 0.15) is 0 Å². The molecule has 26 heavy (non-hydrogen) atoms. The van der Waals surface area contributed by atoms with Crippen molar-refractivity contribution in [2.45, 2.75) is 44.6 Å². The second-order valence-corrected chi connectivity index (χ2v) is 8.19. The topological polar surface area (TPSA) is 15.3 Å². The SMILES string of the molecule is CN1Nc2ccccc2C1C1=CCC(C2=C3C=CC=CC3CCC2)CC1. The molecular weight excluding hydrogens is 316 g/mol. The molecule has 1 aromatic rings. The predicted octanol–water partition coefficient (Wildman–Crippen LogP) is 5.95. The highest BCUT2D eigenvalue weighted by Crippen LogP contribution is 2.46. The van der Waals surface area contributed by atoms with Crippen molar-refractivity contribution in [1.29, 1.82) is 0 Å². The highest BCUT2D eigenvalue weighted by Gasteiger charge is 2.33. The Labute approximate surface area is 156 Å². The molecule has 0 saturated carbocycles. The Hall–Kier alpha value is -2.06. The first kappa shape index (κ1) is 16.1. The number of nitrogens with zero attached hydrogens (tertiary/aromatic N) is 1. The molecule has 3 aliphatic carbocycles. The number of anilines is 1. The average Bonchev–Trinajstić information content (AvgIpc) is 3.03. The van der Waals surface area contributed by atoms with E-state index in [2.05, 4.69) is 72.1 Å². The van der Waals surface area contributed by atoms with Crippen molar-refractivity contribution in [3.8, 4) is 0 Å². The van der Waals surface area contributed by atoms with Crippen LogP contribution in [0.5, 0.6) is 0 Å². The van der Waals surface area contributed by atoms with Crippen molar-refractivity contribution in [1.82, 2.24) is 5.01 Å². The van der Waals surface area contributed by atoms with E-state index in [1.165, 1.54) is 49.8 Å². The zero-order valence-electron chi connectivity index (χ0n) is 15.6. The molecule has 5 rings (SSSR count). The molecule has 0 saturated heterocycles. The molecule has 1 heterocycles. The highest BCUT2D eigenvalue weighted by atomic mass is 15.5. The smallest absolute Gasteiger partial charge is 0.0767 e. The van der Waals surface area contributed by atoms with Crippen molar-refractivity contribution < 1.29 is 0 Å². The summed E-state index contributed by atoms with van der Waals surface area (Å²) in [6.45, 7) is 0. The number of allylic oxidation sites excluding steroid dienone is 7. The number of rotatable bonds is 2. The number of benzene rings is 1. The number of hydrazine groups is 1. The predicted molar refractivity (Wildman–Crippen MR) is 109 cm³/mol. The number of hydrogen-bond donors (Lipinski definition) is 1. The quantitative estimate of drug-likeness (QED) is 0.667.